The van der Waals surface area contributed by atoms with Crippen molar-refractivity contribution in [3.63, 3.8) is 0 Å². The average Bonchev–Trinajstić information content (AvgIpc) is 3.18. The topological polar surface area (TPSA) is 57.7 Å². The molecule has 7 heteroatoms. The van der Waals surface area contributed by atoms with Gasteiger partial charge in [0.15, 0.2) is 5.13 Å². The third-order valence-electron chi connectivity index (χ3n) is 5.09. The van der Waals surface area contributed by atoms with E-state index >= 15 is 0 Å². The van der Waals surface area contributed by atoms with Gasteiger partial charge in [-0.3, -0.25) is 10.2 Å². The van der Waals surface area contributed by atoms with Crippen molar-refractivity contribution in [3.05, 3.63) is 36.5 Å². The van der Waals surface area contributed by atoms with E-state index < -0.39 is 0 Å². The van der Waals surface area contributed by atoms with E-state index in [-0.39, 0.29) is 6.03 Å². The Balaban J connectivity index is 1.30. The third-order valence-corrected chi connectivity index (χ3v) is 6.05. The zero-order valence-corrected chi connectivity index (χ0v) is 15.6. The van der Waals surface area contributed by atoms with Gasteiger partial charge in [-0.05, 0) is 18.4 Å². The molecule has 2 saturated heterocycles. The number of rotatable bonds is 3. The summed E-state index contributed by atoms with van der Waals surface area (Å²) in [5.74, 6) is 0. The molecule has 2 aliphatic heterocycles. The van der Waals surface area contributed by atoms with Crippen molar-refractivity contribution in [1.82, 2.24) is 14.8 Å². The molecular formula is C19H24N4O2S. The minimum Gasteiger partial charge on any atom is -0.379 e. The maximum Gasteiger partial charge on any atom is 0.323 e. The Kier molecular flexibility index (Phi) is 5.48. The molecule has 2 amide bonds. The number of morpholine rings is 1. The molecule has 0 radical (unpaired) electrons. The molecule has 3 heterocycles. The number of amides is 2. The molecule has 0 unspecified atom stereocenters. The van der Waals surface area contributed by atoms with Crippen LogP contribution in [0.2, 0.25) is 0 Å². The average molecular weight is 372 g/mol. The van der Waals surface area contributed by atoms with Crippen molar-refractivity contribution >= 4 is 22.5 Å². The van der Waals surface area contributed by atoms with E-state index in [0.717, 1.165) is 62.7 Å². The number of benzene rings is 1. The monoisotopic (exact) mass is 372 g/mol. The Morgan fingerprint density at radius 1 is 1.12 bits per heavy atom. The molecule has 0 atom stereocenters. The Morgan fingerprint density at radius 3 is 2.58 bits per heavy atom. The molecule has 138 valence electrons. The van der Waals surface area contributed by atoms with Crippen molar-refractivity contribution < 1.29 is 9.53 Å². The summed E-state index contributed by atoms with van der Waals surface area (Å²) in [4.78, 5) is 22.4. The maximum atomic E-state index is 12.5. The maximum absolute atomic E-state index is 12.5. The Bertz CT molecular complexity index is 722. The van der Waals surface area contributed by atoms with Gasteiger partial charge in [0.05, 0.1) is 18.1 Å². The van der Waals surface area contributed by atoms with Crippen molar-refractivity contribution in [2.45, 2.75) is 18.9 Å². The molecule has 4 rings (SSSR count). The molecule has 0 saturated carbocycles. The van der Waals surface area contributed by atoms with Gasteiger partial charge in [0.1, 0.15) is 0 Å². The van der Waals surface area contributed by atoms with Crippen LogP contribution in [-0.2, 0) is 4.74 Å². The minimum absolute atomic E-state index is 0.0422. The van der Waals surface area contributed by atoms with E-state index in [2.05, 4.69) is 27.3 Å². The summed E-state index contributed by atoms with van der Waals surface area (Å²) in [5, 5.41) is 3.61. The lowest BCUT2D eigenvalue weighted by Gasteiger charge is -2.39. The number of aromatic nitrogens is 1. The number of carbonyl (C=O) groups is 1. The molecule has 1 aromatic heterocycles. The Morgan fingerprint density at radius 2 is 1.85 bits per heavy atom. The van der Waals surface area contributed by atoms with Crippen LogP contribution >= 0.6 is 11.3 Å². The second kappa shape index (κ2) is 8.16. The van der Waals surface area contributed by atoms with E-state index in [1.807, 2.05) is 29.3 Å². The van der Waals surface area contributed by atoms with Crippen molar-refractivity contribution in [3.8, 4) is 10.4 Å². The van der Waals surface area contributed by atoms with Gasteiger partial charge in [-0.1, -0.05) is 41.7 Å². The van der Waals surface area contributed by atoms with Crippen molar-refractivity contribution in [2.24, 2.45) is 0 Å². The van der Waals surface area contributed by atoms with E-state index in [9.17, 15) is 4.79 Å². The van der Waals surface area contributed by atoms with Crippen LogP contribution in [0.15, 0.2) is 36.5 Å². The summed E-state index contributed by atoms with van der Waals surface area (Å²) < 4.78 is 5.43. The molecule has 6 nitrogen and oxygen atoms in total. The fourth-order valence-corrected chi connectivity index (χ4v) is 4.43. The molecule has 26 heavy (non-hydrogen) atoms. The minimum atomic E-state index is -0.0422. The molecule has 1 aromatic carbocycles. The zero-order chi connectivity index (χ0) is 17.8. The van der Waals surface area contributed by atoms with Gasteiger partial charge >= 0.3 is 6.03 Å². The highest BCUT2D eigenvalue weighted by Crippen LogP contribution is 2.29. The number of hydrogen-bond acceptors (Lipinski definition) is 5. The SMILES string of the molecule is O=C(Nc1ncc(-c2ccccc2)s1)N1CCC(N2CCOCC2)CC1. The van der Waals surface area contributed by atoms with Crippen molar-refractivity contribution in [2.75, 3.05) is 44.7 Å². The van der Waals surface area contributed by atoms with E-state index in [0.29, 0.717) is 11.2 Å². The number of ether oxygens (including phenoxy) is 1. The fourth-order valence-electron chi connectivity index (χ4n) is 3.62. The van der Waals surface area contributed by atoms with Crippen LogP contribution < -0.4 is 5.32 Å². The number of carbonyl (C=O) groups excluding carboxylic acids is 1. The van der Waals surface area contributed by atoms with E-state index in [1.165, 1.54) is 11.3 Å². The highest BCUT2D eigenvalue weighted by molar-refractivity contribution is 7.19. The molecule has 0 spiro atoms. The molecule has 0 bridgehead atoms. The second-order valence-electron chi connectivity index (χ2n) is 6.69. The van der Waals surface area contributed by atoms with Gasteiger partial charge in [-0.25, -0.2) is 9.78 Å². The third kappa shape index (κ3) is 4.06. The number of hydrogen-bond donors (Lipinski definition) is 1. The van der Waals surface area contributed by atoms with Crippen LogP contribution in [0.3, 0.4) is 0 Å². The predicted molar refractivity (Wildman–Crippen MR) is 104 cm³/mol. The van der Waals surface area contributed by atoms with Crippen molar-refractivity contribution in [1.29, 1.82) is 0 Å². The number of thiazole rings is 1. The molecule has 2 aliphatic rings. The van der Waals surface area contributed by atoms with Gasteiger partial charge in [0.25, 0.3) is 0 Å². The first-order valence-corrected chi connectivity index (χ1v) is 10.0. The molecule has 1 N–H and O–H groups in total. The molecule has 2 fully saturated rings. The summed E-state index contributed by atoms with van der Waals surface area (Å²) in [7, 11) is 0. The van der Waals surface area contributed by atoms with E-state index in [1.54, 1.807) is 0 Å². The van der Waals surface area contributed by atoms with Gasteiger partial charge in [0, 0.05) is 38.4 Å². The normalized spacial score (nSPS) is 19.5. The predicted octanol–water partition coefficient (Wildman–Crippen LogP) is 3.14. The second-order valence-corrected chi connectivity index (χ2v) is 7.72. The Labute approximate surface area is 157 Å². The van der Waals surface area contributed by atoms with Gasteiger partial charge in [0.2, 0.25) is 0 Å². The van der Waals surface area contributed by atoms with Crippen LogP contribution in [-0.4, -0.2) is 66.2 Å². The summed E-state index contributed by atoms with van der Waals surface area (Å²) in [6.45, 7) is 5.27. The number of anilines is 1. The smallest absolute Gasteiger partial charge is 0.323 e. The first kappa shape index (κ1) is 17.5. The summed E-state index contributed by atoms with van der Waals surface area (Å²) in [6, 6.07) is 10.6. The van der Waals surface area contributed by atoms with Gasteiger partial charge < -0.3 is 9.64 Å². The van der Waals surface area contributed by atoms with Crippen LogP contribution in [0.4, 0.5) is 9.93 Å². The number of piperidine rings is 1. The quantitative estimate of drug-likeness (QED) is 0.899. The lowest BCUT2D eigenvalue weighted by Crippen LogP contribution is -2.50. The van der Waals surface area contributed by atoms with Gasteiger partial charge in [-0.2, -0.15) is 0 Å². The van der Waals surface area contributed by atoms with Gasteiger partial charge in [-0.15, -0.1) is 0 Å². The standard InChI is InChI=1S/C19H24N4O2S/c24-19(21-18-20-14-17(26-18)15-4-2-1-3-5-15)23-8-6-16(7-9-23)22-10-12-25-13-11-22/h1-5,14,16H,6-13H2,(H,20,21,24). The zero-order valence-electron chi connectivity index (χ0n) is 14.8. The molecule has 2 aromatic rings. The summed E-state index contributed by atoms with van der Waals surface area (Å²) in [5.41, 5.74) is 1.12. The fraction of sp³-hybridized carbons (Fsp3) is 0.474. The summed E-state index contributed by atoms with van der Waals surface area (Å²) in [6.07, 6.45) is 3.88. The molecule has 0 aliphatic carbocycles. The highest BCUT2D eigenvalue weighted by atomic mass is 32.1. The number of urea groups is 1. The lowest BCUT2D eigenvalue weighted by atomic mass is 10.0. The number of likely N-dealkylation sites (tertiary alicyclic amines) is 1. The largest absolute Gasteiger partial charge is 0.379 e. The highest BCUT2D eigenvalue weighted by Gasteiger charge is 2.28. The summed E-state index contributed by atoms with van der Waals surface area (Å²) >= 11 is 1.51. The van der Waals surface area contributed by atoms with Crippen LogP contribution in [0.1, 0.15) is 12.8 Å². The first-order valence-electron chi connectivity index (χ1n) is 9.18. The van der Waals surface area contributed by atoms with Crippen LogP contribution in [0, 0.1) is 0 Å². The first-order chi connectivity index (χ1) is 12.8. The Hall–Kier alpha value is -1.96. The lowest BCUT2D eigenvalue weighted by molar-refractivity contribution is 0.00419. The number of nitrogens with one attached hydrogen (secondary N) is 1. The van der Waals surface area contributed by atoms with Crippen LogP contribution in [0.5, 0.6) is 0 Å². The van der Waals surface area contributed by atoms with E-state index in [4.69, 9.17) is 4.74 Å². The molecular weight excluding hydrogens is 348 g/mol. The number of nitrogens with zero attached hydrogens (tertiary/aromatic N) is 3. The van der Waals surface area contributed by atoms with Crippen LogP contribution in [0.25, 0.3) is 10.4 Å².